The molecule has 29 heavy (non-hydrogen) atoms. The quantitative estimate of drug-likeness (QED) is 0.779. The number of hydrogen-bond acceptors (Lipinski definition) is 4. The van der Waals surface area contributed by atoms with Crippen molar-refractivity contribution in [2.24, 2.45) is 4.99 Å². The summed E-state index contributed by atoms with van der Waals surface area (Å²) in [4.78, 5) is 32.2. The van der Waals surface area contributed by atoms with Crippen LogP contribution in [0, 0.1) is 20.8 Å². The van der Waals surface area contributed by atoms with E-state index in [0.29, 0.717) is 0 Å². The SMILES string of the molecule is Cc1ccc(N=C2S[C@H](CC(=O)Nc3ccccc3C)C(=O)N2C2CC2)cc1C. The average Bonchev–Trinajstić information content (AvgIpc) is 3.46. The van der Waals surface area contributed by atoms with E-state index >= 15 is 0 Å². The number of aryl methyl sites for hydroxylation is 3. The number of rotatable bonds is 5. The lowest BCUT2D eigenvalue weighted by atomic mass is 10.1. The lowest BCUT2D eigenvalue weighted by Gasteiger charge is -2.15. The summed E-state index contributed by atoms with van der Waals surface area (Å²) in [5, 5.41) is 3.22. The van der Waals surface area contributed by atoms with Gasteiger partial charge in [-0.1, -0.05) is 36.0 Å². The predicted molar refractivity (Wildman–Crippen MR) is 119 cm³/mol. The van der Waals surface area contributed by atoms with E-state index in [-0.39, 0.29) is 24.3 Å². The van der Waals surface area contributed by atoms with Crippen LogP contribution in [0.1, 0.15) is 36.0 Å². The molecule has 2 aromatic carbocycles. The first-order chi connectivity index (χ1) is 13.9. The summed E-state index contributed by atoms with van der Waals surface area (Å²) in [5.41, 5.74) is 5.03. The Bertz CT molecular complexity index is 997. The summed E-state index contributed by atoms with van der Waals surface area (Å²) < 4.78 is 0. The van der Waals surface area contributed by atoms with Crippen molar-refractivity contribution in [1.82, 2.24) is 4.90 Å². The third-order valence-corrected chi connectivity index (χ3v) is 6.54. The van der Waals surface area contributed by atoms with Gasteiger partial charge in [-0.2, -0.15) is 0 Å². The highest BCUT2D eigenvalue weighted by atomic mass is 32.2. The zero-order chi connectivity index (χ0) is 20.5. The van der Waals surface area contributed by atoms with E-state index in [1.54, 1.807) is 0 Å². The summed E-state index contributed by atoms with van der Waals surface area (Å²) in [7, 11) is 0. The summed E-state index contributed by atoms with van der Waals surface area (Å²) in [6.45, 7) is 6.08. The van der Waals surface area contributed by atoms with Gasteiger partial charge in [-0.05, 0) is 68.5 Å². The van der Waals surface area contributed by atoms with Crippen LogP contribution in [0.2, 0.25) is 0 Å². The molecule has 2 fully saturated rings. The van der Waals surface area contributed by atoms with Gasteiger partial charge in [0.15, 0.2) is 5.17 Å². The van der Waals surface area contributed by atoms with Gasteiger partial charge in [0.1, 0.15) is 5.25 Å². The van der Waals surface area contributed by atoms with E-state index in [1.807, 2.05) is 54.3 Å². The molecule has 1 heterocycles. The first-order valence-corrected chi connectivity index (χ1v) is 10.8. The molecule has 1 aliphatic heterocycles. The lowest BCUT2D eigenvalue weighted by Crippen LogP contribution is -2.35. The normalized spacial score (nSPS) is 20.4. The number of anilines is 1. The van der Waals surface area contributed by atoms with Crippen LogP contribution in [0.25, 0.3) is 0 Å². The number of amides is 2. The standard InChI is InChI=1S/C23H25N3O2S/c1-14-8-9-17(12-16(14)3)24-23-26(18-10-11-18)22(28)20(29-23)13-21(27)25-19-7-5-4-6-15(19)2/h4-9,12,18,20H,10-11,13H2,1-3H3,(H,25,27)/t20-/m1/s1. The Morgan fingerprint density at radius 3 is 2.55 bits per heavy atom. The highest BCUT2D eigenvalue weighted by Crippen LogP contribution is 2.39. The number of hydrogen-bond donors (Lipinski definition) is 1. The smallest absolute Gasteiger partial charge is 0.242 e. The van der Waals surface area contributed by atoms with E-state index in [2.05, 4.69) is 19.2 Å². The molecule has 2 amide bonds. The maximum atomic E-state index is 13.0. The zero-order valence-electron chi connectivity index (χ0n) is 16.9. The Morgan fingerprint density at radius 1 is 1.10 bits per heavy atom. The predicted octanol–water partition coefficient (Wildman–Crippen LogP) is 4.73. The van der Waals surface area contributed by atoms with Crippen LogP contribution < -0.4 is 5.32 Å². The van der Waals surface area contributed by atoms with Gasteiger partial charge in [0.25, 0.3) is 0 Å². The van der Waals surface area contributed by atoms with Crippen LogP contribution >= 0.6 is 11.8 Å². The minimum Gasteiger partial charge on any atom is -0.326 e. The van der Waals surface area contributed by atoms with Crippen LogP contribution in [-0.2, 0) is 9.59 Å². The highest BCUT2D eigenvalue weighted by molar-refractivity contribution is 8.15. The number of carbonyl (C=O) groups excluding carboxylic acids is 2. The number of nitrogens with zero attached hydrogens (tertiary/aromatic N) is 2. The fraction of sp³-hybridized carbons (Fsp3) is 0.348. The molecule has 1 aliphatic carbocycles. The molecule has 1 saturated carbocycles. The van der Waals surface area contributed by atoms with Gasteiger partial charge in [-0.15, -0.1) is 0 Å². The summed E-state index contributed by atoms with van der Waals surface area (Å²) in [6, 6.07) is 13.9. The molecule has 2 aliphatic rings. The van der Waals surface area contributed by atoms with Crippen molar-refractivity contribution >= 4 is 40.1 Å². The molecule has 0 bridgehead atoms. The number of para-hydroxylation sites is 1. The first-order valence-electron chi connectivity index (χ1n) is 9.93. The third kappa shape index (κ3) is 4.37. The summed E-state index contributed by atoms with van der Waals surface area (Å²) in [5.74, 6) is -0.145. The maximum absolute atomic E-state index is 13.0. The topological polar surface area (TPSA) is 61.8 Å². The second-order valence-corrected chi connectivity index (χ2v) is 8.95. The third-order valence-electron chi connectivity index (χ3n) is 5.38. The Kier molecular flexibility index (Phi) is 5.46. The number of benzene rings is 2. The van der Waals surface area contributed by atoms with E-state index in [1.165, 1.54) is 22.9 Å². The Balaban J connectivity index is 1.51. The maximum Gasteiger partial charge on any atom is 0.242 e. The number of carbonyl (C=O) groups is 2. The molecule has 0 unspecified atom stereocenters. The zero-order valence-corrected chi connectivity index (χ0v) is 17.8. The number of amidine groups is 1. The molecule has 150 valence electrons. The molecule has 4 rings (SSSR count). The Morgan fingerprint density at radius 2 is 1.86 bits per heavy atom. The molecule has 2 aromatic rings. The lowest BCUT2D eigenvalue weighted by molar-refractivity contribution is -0.128. The fourth-order valence-electron chi connectivity index (χ4n) is 3.35. The minimum absolute atomic E-state index is 0.0000160. The van der Waals surface area contributed by atoms with Gasteiger partial charge >= 0.3 is 0 Å². The van der Waals surface area contributed by atoms with Crippen LogP contribution in [0.15, 0.2) is 47.5 Å². The van der Waals surface area contributed by atoms with Gasteiger partial charge in [-0.25, -0.2) is 4.99 Å². The van der Waals surface area contributed by atoms with Crippen LogP contribution in [0.5, 0.6) is 0 Å². The molecule has 1 saturated heterocycles. The van der Waals surface area contributed by atoms with Crippen molar-refractivity contribution < 1.29 is 9.59 Å². The van der Waals surface area contributed by atoms with Gasteiger partial charge < -0.3 is 5.32 Å². The van der Waals surface area contributed by atoms with Crippen molar-refractivity contribution in [3.63, 3.8) is 0 Å². The molecule has 1 atom stereocenters. The molecule has 0 spiro atoms. The molecule has 5 nitrogen and oxygen atoms in total. The second-order valence-electron chi connectivity index (χ2n) is 7.78. The van der Waals surface area contributed by atoms with E-state index < -0.39 is 5.25 Å². The Labute approximate surface area is 175 Å². The number of thioether (sulfide) groups is 1. The number of nitrogens with one attached hydrogen (secondary N) is 1. The molecule has 0 radical (unpaired) electrons. The number of aliphatic imine (C=N–C) groups is 1. The van der Waals surface area contributed by atoms with Gasteiger partial charge in [0, 0.05) is 18.2 Å². The van der Waals surface area contributed by atoms with Crippen molar-refractivity contribution in [2.45, 2.75) is 51.3 Å². The summed E-state index contributed by atoms with van der Waals surface area (Å²) in [6.07, 6.45) is 2.15. The van der Waals surface area contributed by atoms with Gasteiger partial charge in [-0.3, -0.25) is 14.5 Å². The molecular weight excluding hydrogens is 382 g/mol. The van der Waals surface area contributed by atoms with E-state index in [0.717, 1.165) is 34.9 Å². The molecule has 6 heteroatoms. The Hall–Kier alpha value is -2.60. The van der Waals surface area contributed by atoms with Crippen LogP contribution in [-0.4, -0.2) is 33.2 Å². The minimum atomic E-state index is -0.426. The second kappa shape index (κ2) is 8.03. The molecule has 1 N–H and O–H groups in total. The van der Waals surface area contributed by atoms with E-state index in [4.69, 9.17) is 4.99 Å². The molecule has 0 aromatic heterocycles. The average molecular weight is 408 g/mol. The van der Waals surface area contributed by atoms with Crippen LogP contribution in [0.4, 0.5) is 11.4 Å². The van der Waals surface area contributed by atoms with Crippen LogP contribution in [0.3, 0.4) is 0 Å². The van der Waals surface area contributed by atoms with E-state index in [9.17, 15) is 9.59 Å². The largest absolute Gasteiger partial charge is 0.326 e. The van der Waals surface area contributed by atoms with Crippen molar-refractivity contribution in [2.75, 3.05) is 5.32 Å². The van der Waals surface area contributed by atoms with Crippen molar-refractivity contribution in [3.05, 3.63) is 59.2 Å². The van der Waals surface area contributed by atoms with Gasteiger partial charge in [0.2, 0.25) is 11.8 Å². The first kappa shape index (κ1) is 19.7. The van der Waals surface area contributed by atoms with Crippen molar-refractivity contribution in [1.29, 1.82) is 0 Å². The highest BCUT2D eigenvalue weighted by Gasteiger charge is 2.46. The molecular formula is C23H25N3O2S. The van der Waals surface area contributed by atoms with Gasteiger partial charge in [0.05, 0.1) is 5.69 Å². The monoisotopic (exact) mass is 407 g/mol. The van der Waals surface area contributed by atoms with Crippen molar-refractivity contribution in [3.8, 4) is 0 Å². The fourth-order valence-corrected chi connectivity index (χ4v) is 4.56. The summed E-state index contributed by atoms with van der Waals surface area (Å²) >= 11 is 1.41.